The molecule has 1 N–H and O–H groups in total. The lowest BCUT2D eigenvalue weighted by molar-refractivity contribution is 0.390. The SMILES string of the molecule is CSc1ccc(C2NC(=S)N(CCC(C)C)C(C)=C2c2nc(-c3ccccc3)no2)cc1. The number of thiocarbonyl (C=S) groups is 1. The van der Waals surface area contributed by atoms with Gasteiger partial charge in [-0.1, -0.05) is 61.5 Å². The Morgan fingerprint density at radius 1 is 1.12 bits per heavy atom. The number of aromatic nitrogens is 2. The number of benzene rings is 2. The molecule has 166 valence electrons. The molecular weight excluding hydrogens is 436 g/mol. The standard InChI is InChI=1S/C25H28N4OS2/c1-16(2)14-15-29-17(3)21(24-27-23(28-30-24)19-8-6-5-7-9-19)22(26-25(29)31)18-10-12-20(32-4)13-11-18/h5-13,16,22H,14-15H2,1-4H3,(H,26,31). The third kappa shape index (κ3) is 4.74. The Morgan fingerprint density at radius 3 is 2.50 bits per heavy atom. The molecule has 7 heteroatoms. The molecular formula is C25H28N4OS2. The van der Waals surface area contributed by atoms with E-state index in [1.807, 2.05) is 30.3 Å². The first-order chi connectivity index (χ1) is 15.5. The molecule has 1 atom stereocenters. The number of hydrogen-bond donors (Lipinski definition) is 1. The van der Waals surface area contributed by atoms with Crippen molar-refractivity contribution in [2.45, 2.75) is 38.1 Å². The van der Waals surface area contributed by atoms with Crippen molar-refractivity contribution in [1.29, 1.82) is 0 Å². The van der Waals surface area contributed by atoms with Crippen LogP contribution in [-0.4, -0.2) is 33.0 Å². The van der Waals surface area contributed by atoms with E-state index in [1.54, 1.807) is 11.8 Å². The quantitative estimate of drug-likeness (QED) is 0.332. The summed E-state index contributed by atoms with van der Waals surface area (Å²) in [7, 11) is 0. The average Bonchev–Trinajstić information content (AvgIpc) is 3.29. The summed E-state index contributed by atoms with van der Waals surface area (Å²) in [5.41, 5.74) is 4.06. The Morgan fingerprint density at radius 2 is 1.84 bits per heavy atom. The van der Waals surface area contributed by atoms with Gasteiger partial charge in [-0.2, -0.15) is 4.98 Å². The average molecular weight is 465 g/mol. The molecule has 1 aliphatic rings. The summed E-state index contributed by atoms with van der Waals surface area (Å²) in [6.07, 6.45) is 3.12. The fraction of sp³-hybridized carbons (Fsp3) is 0.320. The van der Waals surface area contributed by atoms with E-state index >= 15 is 0 Å². The minimum absolute atomic E-state index is 0.155. The predicted octanol–water partition coefficient (Wildman–Crippen LogP) is 6.17. The van der Waals surface area contributed by atoms with Crippen LogP contribution in [0.15, 0.2) is 69.7 Å². The minimum atomic E-state index is -0.155. The molecule has 0 radical (unpaired) electrons. The highest BCUT2D eigenvalue weighted by Crippen LogP contribution is 2.38. The van der Waals surface area contributed by atoms with Gasteiger partial charge >= 0.3 is 0 Å². The zero-order valence-corrected chi connectivity index (χ0v) is 20.5. The molecule has 32 heavy (non-hydrogen) atoms. The minimum Gasteiger partial charge on any atom is -0.351 e. The van der Waals surface area contributed by atoms with Crippen LogP contribution < -0.4 is 5.32 Å². The van der Waals surface area contributed by atoms with Gasteiger partial charge in [-0.25, -0.2) is 0 Å². The van der Waals surface area contributed by atoms with Gasteiger partial charge in [-0.05, 0) is 55.4 Å². The Balaban J connectivity index is 1.77. The lowest BCUT2D eigenvalue weighted by atomic mass is 9.94. The first kappa shape index (κ1) is 22.6. The van der Waals surface area contributed by atoms with Crippen molar-refractivity contribution in [3.63, 3.8) is 0 Å². The topological polar surface area (TPSA) is 54.2 Å². The highest BCUT2D eigenvalue weighted by Gasteiger charge is 2.34. The van der Waals surface area contributed by atoms with Crippen LogP contribution in [0.2, 0.25) is 0 Å². The Hall–Kier alpha value is -2.64. The van der Waals surface area contributed by atoms with E-state index < -0.39 is 0 Å². The molecule has 0 amide bonds. The lowest BCUT2D eigenvalue weighted by Gasteiger charge is -2.37. The molecule has 0 saturated heterocycles. The van der Waals surface area contributed by atoms with Crippen molar-refractivity contribution < 1.29 is 4.52 Å². The molecule has 1 aliphatic heterocycles. The maximum absolute atomic E-state index is 5.80. The van der Waals surface area contributed by atoms with Crippen molar-refractivity contribution in [1.82, 2.24) is 20.4 Å². The monoisotopic (exact) mass is 464 g/mol. The zero-order valence-electron chi connectivity index (χ0n) is 18.8. The molecule has 0 fully saturated rings. The Kier molecular flexibility index (Phi) is 6.96. The normalized spacial score (nSPS) is 16.6. The number of rotatable bonds is 7. The van der Waals surface area contributed by atoms with Crippen LogP contribution in [0, 0.1) is 5.92 Å². The van der Waals surface area contributed by atoms with Gasteiger partial charge in [0.2, 0.25) is 5.82 Å². The largest absolute Gasteiger partial charge is 0.351 e. The lowest BCUT2D eigenvalue weighted by Crippen LogP contribution is -2.46. The molecule has 4 rings (SSSR count). The van der Waals surface area contributed by atoms with Gasteiger partial charge < -0.3 is 14.7 Å². The van der Waals surface area contributed by atoms with Crippen LogP contribution >= 0.6 is 24.0 Å². The van der Waals surface area contributed by atoms with E-state index in [2.05, 4.69) is 66.7 Å². The number of allylic oxidation sites excluding steroid dienone is 1. The highest BCUT2D eigenvalue weighted by molar-refractivity contribution is 7.98. The fourth-order valence-corrected chi connectivity index (χ4v) is 4.55. The molecule has 0 saturated carbocycles. The molecule has 5 nitrogen and oxygen atoms in total. The van der Waals surface area contributed by atoms with Gasteiger partial charge in [0, 0.05) is 22.7 Å². The van der Waals surface area contributed by atoms with E-state index in [4.69, 9.17) is 21.7 Å². The van der Waals surface area contributed by atoms with Crippen LogP contribution in [0.3, 0.4) is 0 Å². The number of thioether (sulfide) groups is 1. The van der Waals surface area contributed by atoms with Crippen LogP contribution in [0.4, 0.5) is 0 Å². The summed E-state index contributed by atoms with van der Waals surface area (Å²) in [6, 6.07) is 18.3. The first-order valence-corrected chi connectivity index (χ1v) is 12.4. The number of hydrogen-bond acceptors (Lipinski definition) is 5. The van der Waals surface area contributed by atoms with Crippen molar-refractivity contribution in [2.75, 3.05) is 12.8 Å². The van der Waals surface area contributed by atoms with Crippen LogP contribution in [-0.2, 0) is 0 Å². The molecule has 2 aromatic carbocycles. The van der Waals surface area contributed by atoms with Gasteiger partial charge in [-0.15, -0.1) is 11.8 Å². The van der Waals surface area contributed by atoms with Crippen LogP contribution in [0.5, 0.6) is 0 Å². The van der Waals surface area contributed by atoms with Crippen molar-refractivity contribution in [2.24, 2.45) is 5.92 Å². The number of nitrogens with one attached hydrogen (secondary N) is 1. The Labute approximate surface area is 199 Å². The van der Waals surface area contributed by atoms with Crippen LogP contribution in [0.25, 0.3) is 17.0 Å². The van der Waals surface area contributed by atoms with E-state index in [9.17, 15) is 0 Å². The summed E-state index contributed by atoms with van der Waals surface area (Å²) in [6.45, 7) is 7.39. The molecule has 0 bridgehead atoms. The highest BCUT2D eigenvalue weighted by atomic mass is 32.2. The van der Waals surface area contributed by atoms with Crippen molar-refractivity contribution in [3.05, 3.63) is 71.7 Å². The van der Waals surface area contributed by atoms with E-state index in [0.717, 1.165) is 40.5 Å². The zero-order chi connectivity index (χ0) is 22.7. The third-order valence-corrected chi connectivity index (χ3v) is 6.75. The third-order valence-electron chi connectivity index (χ3n) is 5.66. The van der Waals surface area contributed by atoms with Crippen molar-refractivity contribution >= 4 is 34.7 Å². The summed E-state index contributed by atoms with van der Waals surface area (Å²) in [4.78, 5) is 8.15. The van der Waals surface area contributed by atoms with E-state index in [0.29, 0.717) is 17.6 Å². The fourth-order valence-electron chi connectivity index (χ4n) is 3.80. The second-order valence-corrected chi connectivity index (χ2v) is 9.54. The smallest absolute Gasteiger partial charge is 0.258 e. The summed E-state index contributed by atoms with van der Waals surface area (Å²) >= 11 is 7.50. The van der Waals surface area contributed by atoms with Crippen LogP contribution in [0.1, 0.15) is 44.7 Å². The van der Waals surface area contributed by atoms with Gasteiger partial charge in [0.15, 0.2) is 5.11 Å². The molecule has 0 spiro atoms. The summed E-state index contributed by atoms with van der Waals surface area (Å²) < 4.78 is 5.80. The second kappa shape index (κ2) is 9.88. The van der Waals surface area contributed by atoms with Gasteiger partial charge in [0.25, 0.3) is 5.89 Å². The maximum atomic E-state index is 5.80. The molecule has 3 aromatic rings. The van der Waals surface area contributed by atoms with Gasteiger partial charge in [0.05, 0.1) is 11.6 Å². The maximum Gasteiger partial charge on any atom is 0.258 e. The molecule has 2 heterocycles. The van der Waals surface area contributed by atoms with E-state index in [-0.39, 0.29) is 6.04 Å². The molecule has 1 unspecified atom stereocenters. The summed E-state index contributed by atoms with van der Waals surface area (Å²) in [5.74, 6) is 1.68. The Bertz CT molecular complexity index is 1110. The summed E-state index contributed by atoms with van der Waals surface area (Å²) in [5, 5.41) is 8.53. The van der Waals surface area contributed by atoms with E-state index in [1.165, 1.54) is 4.90 Å². The number of nitrogens with zero attached hydrogens (tertiary/aromatic N) is 3. The predicted molar refractivity (Wildman–Crippen MR) is 135 cm³/mol. The molecule has 1 aromatic heterocycles. The van der Waals surface area contributed by atoms with Gasteiger partial charge in [-0.3, -0.25) is 0 Å². The second-order valence-electron chi connectivity index (χ2n) is 8.28. The van der Waals surface area contributed by atoms with Crippen molar-refractivity contribution in [3.8, 4) is 11.4 Å². The molecule has 0 aliphatic carbocycles. The van der Waals surface area contributed by atoms with Gasteiger partial charge in [0.1, 0.15) is 0 Å². The first-order valence-electron chi connectivity index (χ1n) is 10.8.